The lowest BCUT2D eigenvalue weighted by Gasteiger charge is -2.12. The molecule has 0 radical (unpaired) electrons. The van der Waals surface area contributed by atoms with Crippen LogP contribution in [0.3, 0.4) is 0 Å². The first kappa shape index (κ1) is 13.6. The Labute approximate surface area is 123 Å². The number of likely N-dealkylation sites (tertiary alicyclic amines) is 1. The molecule has 1 atom stereocenters. The molecule has 21 heavy (non-hydrogen) atoms. The van der Waals surface area contributed by atoms with Gasteiger partial charge in [-0.1, -0.05) is 6.08 Å². The summed E-state index contributed by atoms with van der Waals surface area (Å²) in [4.78, 5) is 21.8. The fraction of sp³-hybridized carbons (Fsp3) is 0.400. The lowest BCUT2D eigenvalue weighted by atomic mass is 10.1. The Bertz CT molecular complexity index is 684. The molecule has 1 aliphatic heterocycles. The van der Waals surface area contributed by atoms with Crippen LogP contribution < -0.4 is 0 Å². The highest BCUT2D eigenvalue weighted by Crippen LogP contribution is 2.29. The van der Waals surface area contributed by atoms with E-state index in [4.69, 9.17) is 4.98 Å². The molecule has 6 heteroatoms. The molecule has 1 aliphatic rings. The summed E-state index contributed by atoms with van der Waals surface area (Å²) >= 11 is 0. The molecule has 2 aromatic rings. The van der Waals surface area contributed by atoms with E-state index in [1.165, 1.54) is 0 Å². The monoisotopic (exact) mass is 285 g/mol. The summed E-state index contributed by atoms with van der Waals surface area (Å²) in [6.45, 7) is 6.99. The largest absolute Gasteiger partial charge is 0.345 e. The van der Waals surface area contributed by atoms with Crippen LogP contribution in [0.25, 0.3) is 11.4 Å². The normalized spacial score (nSPS) is 18.5. The zero-order chi connectivity index (χ0) is 15.0. The molecule has 3 heterocycles. The highest BCUT2D eigenvalue weighted by atomic mass is 16.2. The number of carbonyl (C=O) groups is 1. The molecular weight excluding hydrogens is 266 g/mol. The highest BCUT2D eigenvalue weighted by molar-refractivity contribution is 5.79. The molecule has 2 aromatic heterocycles. The number of hydrogen-bond acceptors (Lipinski definition) is 3. The summed E-state index contributed by atoms with van der Waals surface area (Å²) in [5, 5.41) is 4.18. The zero-order valence-corrected chi connectivity index (χ0v) is 12.3. The number of amides is 1. The van der Waals surface area contributed by atoms with E-state index in [1.54, 1.807) is 17.0 Å². The van der Waals surface area contributed by atoms with Gasteiger partial charge >= 0.3 is 0 Å². The summed E-state index contributed by atoms with van der Waals surface area (Å²) in [7, 11) is 1.90. The van der Waals surface area contributed by atoms with Gasteiger partial charge in [-0.2, -0.15) is 5.10 Å². The van der Waals surface area contributed by atoms with Crippen LogP contribution in [-0.2, 0) is 11.8 Å². The minimum Gasteiger partial charge on any atom is -0.345 e. The molecule has 1 fully saturated rings. The maximum Gasteiger partial charge on any atom is 0.223 e. The molecule has 0 bridgehead atoms. The Morgan fingerprint density at radius 2 is 2.38 bits per heavy atom. The second-order valence-electron chi connectivity index (χ2n) is 5.42. The van der Waals surface area contributed by atoms with Crippen LogP contribution in [0.2, 0.25) is 0 Å². The number of nitrogens with one attached hydrogen (secondary N) is 1. The second kappa shape index (κ2) is 5.20. The number of rotatable bonds is 4. The van der Waals surface area contributed by atoms with Crippen molar-refractivity contribution in [1.29, 1.82) is 0 Å². The van der Waals surface area contributed by atoms with Gasteiger partial charge in [0.1, 0.15) is 11.5 Å². The van der Waals surface area contributed by atoms with Crippen molar-refractivity contribution in [3.8, 4) is 11.4 Å². The third-order valence-electron chi connectivity index (χ3n) is 3.92. The molecule has 1 N–H and O–H groups in total. The number of aryl methyl sites for hydroxylation is 2. The average molecular weight is 285 g/mol. The van der Waals surface area contributed by atoms with Gasteiger partial charge < -0.3 is 9.88 Å². The maximum atomic E-state index is 11.9. The van der Waals surface area contributed by atoms with Crippen molar-refractivity contribution < 1.29 is 4.79 Å². The third kappa shape index (κ3) is 2.37. The molecule has 0 aromatic carbocycles. The minimum absolute atomic E-state index is 0.123. The van der Waals surface area contributed by atoms with Gasteiger partial charge in [-0.25, -0.2) is 4.98 Å². The van der Waals surface area contributed by atoms with Gasteiger partial charge in [0.15, 0.2) is 0 Å². The van der Waals surface area contributed by atoms with Crippen molar-refractivity contribution in [3.05, 3.63) is 36.4 Å². The van der Waals surface area contributed by atoms with Crippen molar-refractivity contribution in [2.24, 2.45) is 7.05 Å². The number of hydrogen-bond donors (Lipinski definition) is 1. The smallest absolute Gasteiger partial charge is 0.223 e. The van der Waals surface area contributed by atoms with E-state index in [9.17, 15) is 4.79 Å². The van der Waals surface area contributed by atoms with Crippen LogP contribution in [0.5, 0.6) is 0 Å². The molecule has 6 nitrogen and oxygen atoms in total. The van der Waals surface area contributed by atoms with E-state index in [1.807, 2.05) is 24.9 Å². The van der Waals surface area contributed by atoms with E-state index in [0.29, 0.717) is 19.5 Å². The molecule has 3 rings (SSSR count). The lowest BCUT2D eigenvalue weighted by molar-refractivity contribution is -0.127. The van der Waals surface area contributed by atoms with Crippen molar-refractivity contribution >= 4 is 5.91 Å². The Morgan fingerprint density at radius 3 is 3.05 bits per heavy atom. The average Bonchev–Trinajstić information content (AvgIpc) is 3.11. The molecule has 1 amide bonds. The number of H-pyrrole nitrogens is 1. The molecule has 110 valence electrons. The molecule has 0 saturated carbocycles. The summed E-state index contributed by atoms with van der Waals surface area (Å²) < 4.78 is 1.80. The Hall–Kier alpha value is -2.37. The topological polar surface area (TPSA) is 66.8 Å². The van der Waals surface area contributed by atoms with E-state index in [2.05, 4.69) is 16.7 Å². The van der Waals surface area contributed by atoms with Crippen LogP contribution in [0.15, 0.2) is 24.9 Å². The summed E-state index contributed by atoms with van der Waals surface area (Å²) in [6, 6.07) is 1.94. The Balaban J connectivity index is 1.87. The van der Waals surface area contributed by atoms with Gasteiger partial charge in [-0.05, 0) is 13.0 Å². The molecule has 1 unspecified atom stereocenters. The van der Waals surface area contributed by atoms with Crippen LogP contribution in [0.4, 0.5) is 0 Å². The first-order chi connectivity index (χ1) is 10.1. The van der Waals surface area contributed by atoms with Crippen molar-refractivity contribution in [2.45, 2.75) is 19.3 Å². The first-order valence-electron chi connectivity index (χ1n) is 7.03. The number of aromatic nitrogens is 4. The van der Waals surface area contributed by atoms with Gasteiger partial charge in [0.2, 0.25) is 5.91 Å². The van der Waals surface area contributed by atoms with Gasteiger partial charge in [0.05, 0.1) is 5.69 Å². The van der Waals surface area contributed by atoms with Crippen molar-refractivity contribution in [2.75, 3.05) is 13.1 Å². The molecule has 0 spiro atoms. The Kier molecular flexibility index (Phi) is 3.37. The third-order valence-corrected chi connectivity index (χ3v) is 3.92. The van der Waals surface area contributed by atoms with E-state index in [-0.39, 0.29) is 11.8 Å². The van der Waals surface area contributed by atoms with Gasteiger partial charge in [-0.15, -0.1) is 6.58 Å². The van der Waals surface area contributed by atoms with Crippen LogP contribution >= 0.6 is 0 Å². The van der Waals surface area contributed by atoms with E-state index in [0.717, 1.165) is 22.9 Å². The maximum absolute atomic E-state index is 11.9. The van der Waals surface area contributed by atoms with Gasteiger partial charge in [0.25, 0.3) is 0 Å². The quantitative estimate of drug-likeness (QED) is 0.868. The zero-order valence-electron chi connectivity index (χ0n) is 12.3. The van der Waals surface area contributed by atoms with E-state index >= 15 is 0 Å². The Morgan fingerprint density at radius 1 is 1.57 bits per heavy atom. The summed E-state index contributed by atoms with van der Waals surface area (Å²) in [6.07, 6.45) is 4.02. The minimum atomic E-state index is 0.123. The lowest BCUT2D eigenvalue weighted by Crippen LogP contribution is -2.24. The first-order valence-corrected chi connectivity index (χ1v) is 7.03. The number of carbonyl (C=O) groups excluding carboxylic acids is 1. The summed E-state index contributed by atoms with van der Waals surface area (Å²) in [5.74, 6) is 1.16. The van der Waals surface area contributed by atoms with Crippen LogP contribution in [-0.4, -0.2) is 43.6 Å². The molecule has 0 aliphatic carbocycles. The summed E-state index contributed by atoms with van der Waals surface area (Å²) in [5.41, 5.74) is 2.88. The number of imidazole rings is 1. The van der Waals surface area contributed by atoms with Gasteiger partial charge in [-0.3, -0.25) is 9.48 Å². The number of nitrogens with zero attached hydrogens (tertiary/aromatic N) is 4. The predicted octanol–water partition coefficient (Wildman–Crippen LogP) is 1.62. The van der Waals surface area contributed by atoms with Crippen LogP contribution in [0, 0.1) is 6.92 Å². The second-order valence-corrected chi connectivity index (χ2v) is 5.42. The van der Waals surface area contributed by atoms with Gasteiger partial charge in [0, 0.05) is 44.4 Å². The predicted molar refractivity (Wildman–Crippen MR) is 79.7 cm³/mol. The van der Waals surface area contributed by atoms with E-state index < -0.39 is 0 Å². The fourth-order valence-electron chi connectivity index (χ4n) is 2.82. The molecule has 1 saturated heterocycles. The number of aromatic amines is 1. The fourth-order valence-corrected chi connectivity index (χ4v) is 2.82. The molecular formula is C15H19N5O. The highest BCUT2D eigenvalue weighted by Gasteiger charge is 2.32. The standard InChI is InChI=1S/C15H19N5O/c1-4-7-20-9-11(8-13(20)21)15-17-10(2)14(18-15)12-5-6-16-19(12)3/h4-6,11H,1,7-9H2,2-3H3,(H,17,18). The van der Waals surface area contributed by atoms with Crippen LogP contribution in [0.1, 0.15) is 23.9 Å². The SMILES string of the molecule is C=CCN1CC(c2nc(-c3ccnn3C)c(C)[nH]2)CC1=O. The van der Waals surface area contributed by atoms with Crippen molar-refractivity contribution in [3.63, 3.8) is 0 Å². The van der Waals surface area contributed by atoms with Crippen molar-refractivity contribution in [1.82, 2.24) is 24.6 Å².